The first-order valence-electron chi connectivity index (χ1n) is 7.46. The minimum atomic E-state index is -3.40. The first kappa shape index (κ1) is 15.7. The van der Waals surface area contributed by atoms with Gasteiger partial charge in [-0.05, 0) is 23.6 Å². The van der Waals surface area contributed by atoms with E-state index in [1.807, 2.05) is 42.5 Å². The summed E-state index contributed by atoms with van der Waals surface area (Å²) in [6.45, 7) is 0.238. The van der Waals surface area contributed by atoms with Crippen LogP contribution in [0.4, 0.5) is 5.69 Å². The molecule has 1 heterocycles. The number of hydrogen-bond donors (Lipinski definition) is 2. The number of anilines is 1. The van der Waals surface area contributed by atoms with Gasteiger partial charge in [0.05, 0.1) is 11.7 Å². The standard InChI is InChI=1S/C17H18N2O3S/c20-17-15(14-8-4-5-9-16(14)19-17)10-11-18-23(21,22)12-13-6-2-1-3-7-13/h1-9,15,18H,10-12H2,(H,19,20). The van der Waals surface area contributed by atoms with Crippen LogP contribution in [-0.4, -0.2) is 20.9 Å². The summed E-state index contributed by atoms with van der Waals surface area (Å²) in [6.07, 6.45) is 0.441. The van der Waals surface area contributed by atoms with E-state index in [9.17, 15) is 13.2 Å². The third-order valence-corrected chi connectivity index (χ3v) is 5.22. The van der Waals surface area contributed by atoms with Crippen LogP contribution in [0.3, 0.4) is 0 Å². The highest BCUT2D eigenvalue weighted by Crippen LogP contribution is 2.33. The van der Waals surface area contributed by atoms with Gasteiger partial charge < -0.3 is 5.32 Å². The van der Waals surface area contributed by atoms with Gasteiger partial charge in [-0.1, -0.05) is 48.5 Å². The molecule has 1 aliphatic rings. The van der Waals surface area contributed by atoms with Gasteiger partial charge in [-0.25, -0.2) is 13.1 Å². The quantitative estimate of drug-likeness (QED) is 0.853. The van der Waals surface area contributed by atoms with E-state index >= 15 is 0 Å². The fraction of sp³-hybridized carbons (Fsp3) is 0.235. The van der Waals surface area contributed by atoms with Crippen molar-refractivity contribution in [3.63, 3.8) is 0 Å². The molecule has 0 spiro atoms. The average Bonchev–Trinajstić information content (AvgIpc) is 2.84. The van der Waals surface area contributed by atoms with Crippen molar-refractivity contribution in [2.24, 2.45) is 0 Å². The van der Waals surface area contributed by atoms with Gasteiger partial charge in [-0.3, -0.25) is 4.79 Å². The molecule has 23 heavy (non-hydrogen) atoms. The maximum absolute atomic E-state index is 12.1. The molecule has 3 rings (SSSR count). The van der Waals surface area contributed by atoms with E-state index in [4.69, 9.17) is 0 Å². The maximum Gasteiger partial charge on any atom is 0.232 e. The van der Waals surface area contributed by atoms with Crippen molar-refractivity contribution in [3.8, 4) is 0 Å². The number of hydrogen-bond acceptors (Lipinski definition) is 3. The number of sulfonamides is 1. The second-order valence-corrected chi connectivity index (χ2v) is 7.36. The molecule has 5 nitrogen and oxygen atoms in total. The van der Waals surface area contributed by atoms with Crippen LogP contribution >= 0.6 is 0 Å². The molecule has 1 amide bonds. The summed E-state index contributed by atoms with van der Waals surface area (Å²) in [6, 6.07) is 16.5. The zero-order chi connectivity index (χ0) is 16.3. The number of nitrogens with one attached hydrogen (secondary N) is 2. The summed E-state index contributed by atoms with van der Waals surface area (Å²) in [5, 5.41) is 2.82. The molecule has 120 valence electrons. The van der Waals surface area contributed by atoms with Crippen molar-refractivity contribution in [2.75, 3.05) is 11.9 Å². The molecule has 0 aromatic heterocycles. The van der Waals surface area contributed by atoms with Crippen molar-refractivity contribution in [2.45, 2.75) is 18.1 Å². The zero-order valence-electron chi connectivity index (χ0n) is 12.5. The lowest BCUT2D eigenvalue weighted by atomic mass is 9.97. The number of rotatable bonds is 6. The van der Waals surface area contributed by atoms with Crippen molar-refractivity contribution < 1.29 is 13.2 Å². The molecule has 0 radical (unpaired) electrons. The lowest BCUT2D eigenvalue weighted by Gasteiger charge is -2.10. The van der Waals surface area contributed by atoms with Crippen LogP contribution < -0.4 is 10.0 Å². The van der Waals surface area contributed by atoms with Crippen molar-refractivity contribution >= 4 is 21.6 Å². The number of carbonyl (C=O) groups excluding carboxylic acids is 1. The van der Waals surface area contributed by atoms with E-state index in [0.29, 0.717) is 6.42 Å². The number of para-hydroxylation sites is 1. The van der Waals surface area contributed by atoms with Gasteiger partial charge in [0.25, 0.3) is 0 Å². The molecule has 2 aromatic carbocycles. The topological polar surface area (TPSA) is 75.3 Å². The summed E-state index contributed by atoms with van der Waals surface area (Å²) in [4.78, 5) is 12.0. The molecular formula is C17H18N2O3S. The highest BCUT2D eigenvalue weighted by atomic mass is 32.2. The zero-order valence-corrected chi connectivity index (χ0v) is 13.3. The molecule has 0 saturated heterocycles. The predicted molar refractivity (Wildman–Crippen MR) is 89.5 cm³/mol. The van der Waals surface area contributed by atoms with E-state index in [-0.39, 0.29) is 24.1 Å². The van der Waals surface area contributed by atoms with Crippen LogP contribution in [-0.2, 0) is 20.6 Å². The SMILES string of the molecule is O=C1Nc2ccccc2C1CCNS(=O)(=O)Cc1ccccc1. The van der Waals surface area contributed by atoms with E-state index in [1.165, 1.54) is 0 Å². The molecule has 6 heteroatoms. The summed E-state index contributed by atoms with van der Waals surface area (Å²) in [5.74, 6) is -0.430. The van der Waals surface area contributed by atoms with Gasteiger partial charge in [0.15, 0.2) is 0 Å². The summed E-state index contributed by atoms with van der Waals surface area (Å²) >= 11 is 0. The highest BCUT2D eigenvalue weighted by Gasteiger charge is 2.29. The Labute approximate surface area is 135 Å². The molecule has 0 aliphatic carbocycles. The summed E-state index contributed by atoms with van der Waals surface area (Å²) in [5.41, 5.74) is 2.48. The fourth-order valence-corrected chi connectivity index (χ4v) is 3.93. The third kappa shape index (κ3) is 3.78. The Bertz CT molecular complexity index is 804. The van der Waals surface area contributed by atoms with Gasteiger partial charge in [-0.15, -0.1) is 0 Å². The number of fused-ring (bicyclic) bond motifs is 1. The fourth-order valence-electron chi connectivity index (χ4n) is 2.77. The Balaban J connectivity index is 1.58. The van der Waals surface area contributed by atoms with E-state index in [1.54, 1.807) is 12.1 Å². The maximum atomic E-state index is 12.1. The molecule has 2 N–H and O–H groups in total. The molecule has 0 bridgehead atoms. The van der Waals surface area contributed by atoms with Crippen LogP contribution in [0, 0.1) is 0 Å². The highest BCUT2D eigenvalue weighted by molar-refractivity contribution is 7.88. The molecule has 1 aliphatic heterocycles. The van der Waals surface area contributed by atoms with Crippen LogP contribution in [0.15, 0.2) is 54.6 Å². The Morgan fingerprint density at radius 2 is 1.70 bits per heavy atom. The summed E-state index contributed by atoms with van der Waals surface area (Å²) in [7, 11) is -3.40. The molecule has 1 unspecified atom stereocenters. The van der Waals surface area contributed by atoms with E-state index in [2.05, 4.69) is 10.0 Å². The second kappa shape index (κ2) is 6.52. The van der Waals surface area contributed by atoms with Crippen LogP contribution in [0.25, 0.3) is 0 Å². The van der Waals surface area contributed by atoms with Crippen molar-refractivity contribution in [1.82, 2.24) is 4.72 Å². The Morgan fingerprint density at radius 1 is 1.00 bits per heavy atom. The molecular weight excluding hydrogens is 312 g/mol. The Morgan fingerprint density at radius 3 is 2.48 bits per heavy atom. The van der Waals surface area contributed by atoms with Crippen molar-refractivity contribution in [3.05, 3.63) is 65.7 Å². The molecule has 0 fully saturated rings. The molecule has 1 atom stereocenters. The summed E-state index contributed by atoms with van der Waals surface area (Å²) < 4.78 is 26.8. The molecule has 2 aromatic rings. The smallest absolute Gasteiger partial charge is 0.232 e. The molecule has 0 saturated carbocycles. The van der Waals surface area contributed by atoms with Gasteiger partial charge >= 0.3 is 0 Å². The first-order valence-corrected chi connectivity index (χ1v) is 9.11. The van der Waals surface area contributed by atoms with Gasteiger partial charge in [0, 0.05) is 12.2 Å². The second-order valence-electron chi connectivity index (χ2n) is 5.56. The van der Waals surface area contributed by atoms with E-state index < -0.39 is 10.0 Å². The lowest BCUT2D eigenvalue weighted by Crippen LogP contribution is -2.28. The normalized spacial score (nSPS) is 16.9. The number of carbonyl (C=O) groups is 1. The lowest BCUT2D eigenvalue weighted by molar-refractivity contribution is -0.117. The van der Waals surface area contributed by atoms with Crippen molar-refractivity contribution in [1.29, 1.82) is 0 Å². The monoisotopic (exact) mass is 330 g/mol. The Kier molecular flexibility index (Phi) is 4.45. The van der Waals surface area contributed by atoms with Crippen LogP contribution in [0.5, 0.6) is 0 Å². The van der Waals surface area contributed by atoms with E-state index in [0.717, 1.165) is 16.8 Å². The average molecular weight is 330 g/mol. The van der Waals surface area contributed by atoms with Gasteiger partial charge in [0.2, 0.25) is 15.9 Å². The first-order chi connectivity index (χ1) is 11.1. The largest absolute Gasteiger partial charge is 0.325 e. The van der Waals surface area contributed by atoms with Crippen LogP contribution in [0.1, 0.15) is 23.5 Å². The van der Waals surface area contributed by atoms with Gasteiger partial charge in [0.1, 0.15) is 0 Å². The predicted octanol–water partition coefficient (Wildman–Crippen LogP) is 2.23. The Hall–Kier alpha value is -2.18. The number of benzene rings is 2. The van der Waals surface area contributed by atoms with Gasteiger partial charge in [-0.2, -0.15) is 0 Å². The minimum Gasteiger partial charge on any atom is -0.325 e. The van der Waals surface area contributed by atoms with Crippen LogP contribution in [0.2, 0.25) is 0 Å². The third-order valence-electron chi connectivity index (χ3n) is 3.87. The number of amides is 1. The minimum absolute atomic E-state index is 0.0543.